The Labute approximate surface area is 118 Å². The molecule has 0 unspecified atom stereocenters. The molecule has 0 amide bonds. The Kier molecular flexibility index (Phi) is 4.08. The van der Waals surface area contributed by atoms with E-state index in [-0.39, 0.29) is 10.5 Å². The smallest absolute Gasteiger partial charge is 0.207 e. The van der Waals surface area contributed by atoms with Gasteiger partial charge in [-0.3, -0.25) is 0 Å². The van der Waals surface area contributed by atoms with E-state index in [9.17, 15) is 13.7 Å². The largest absolute Gasteiger partial charge is 0.241 e. The highest BCUT2D eigenvalue weighted by Crippen LogP contribution is 2.29. The third kappa shape index (κ3) is 2.98. The number of nitriles is 2. The van der Waals surface area contributed by atoms with Gasteiger partial charge >= 0.3 is 0 Å². The molecule has 20 heavy (non-hydrogen) atoms. The van der Waals surface area contributed by atoms with E-state index in [0.717, 1.165) is 19.3 Å². The summed E-state index contributed by atoms with van der Waals surface area (Å²) < 4.78 is 27.2. The highest BCUT2D eigenvalue weighted by molar-refractivity contribution is 7.89. The molecule has 0 aliphatic heterocycles. The first kappa shape index (κ1) is 14.5. The third-order valence-corrected chi connectivity index (χ3v) is 5.06. The van der Waals surface area contributed by atoms with Gasteiger partial charge in [0, 0.05) is 0 Å². The van der Waals surface area contributed by atoms with E-state index < -0.39 is 15.6 Å². The van der Waals surface area contributed by atoms with Crippen LogP contribution in [0.15, 0.2) is 29.2 Å². The van der Waals surface area contributed by atoms with Gasteiger partial charge in [0.1, 0.15) is 5.54 Å². The topological polar surface area (TPSA) is 93.8 Å². The number of rotatable bonds is 3. The van der Waals surface area contributed by atoms with Crippen molar-refractivity contribution in [2.24, 2.45) is 0 Å². The number of benzene rings is 1. The van der Waals surface area contributed by atoms with E-state index in [1.165, 1.54) is 18.2 Å². The second-order valence-electron chi connectivity index (χ2n) is 5.00. The zero-order valence-corrected chi connectivity index (χ0v) is 11.8. The molecule has 5 nitrogen and oxygen atoms in total. The summed E-state index contributed by atoms with van der Waals surface area (Å²) in [5.41, 5.74) is -0.734. The van der Waals surface area contributed by atoms with Crippen molar-refractivity contribution >= 4 is 10.0 Å². The van der Waals surface area contributed by atoms with E-state index in [4.69, 9.17) is 5.26 Å². The van der Waals surface area contributed by atoms with E-state index in [1.54, 1.807) is 6.07 Å². The molecular weight excluding hydrogens is 274 g/mol. The molecular formula is C14H15N3O2S. The molecule has 0 bridgehead atoms. The first-order valence-corrected chi connectivity index (χ1v) is 7.95. The molecule has 0 atom stereocenters. The van der Waals surface area contributed by atoms with Gasteiger partial charge in [0.15, 0.2) is 0 Å². The predicted molar refractivity (Wildman–Crippen MR) is 72.9 cm³/mol. The molecule has 1 aromatic rings. The minimum Gasteiger partial charge on any atom is -0.207 e. The first-order valence-electron chi connectivity index (χ1n) is 6.47. The monoisotopic (exact) mass is 289 g/mol. The lowest BCUT2D eigenvalue weighted by atomic mass is 9.84. The second kappa shape index (κ2) is 5.62. The quantitative estimate of drug-likeness (QED) is 0.921. The summed E-state index contributed by atoms with van der Waals surface area (Å²) in [6, 6.07) is 9.83. The maximum atomic E-state index is 12.4. The van der Waals surface area contributed by atoms with Crippen LogP contribution in [0.1, 0.15) is 37.7 Å². The zero-order chi connectivity index (χ0) is 14.6. The van der Waals surface area contributed by atoms with E-state index in [2.05, 4.69) is 10.8 Å². The number of sulfonamides is 1. The van der Waals surface area contributed by atoms with Crippen molar-refractivity contribution in [1.29, 1.82) is 10.5 Å². The Morgan fingerprint density at radius 3 is 2.45 bits per heavy atom. The molecule has 1 aromatic carbocycles. The molecule has 0 radical (unpaired) electrons. The van der Waals surface area contributed by atoms with Crippen molar-refractivity contribution in [2.75, 3.05) is 0 Å². The van der Waals surface area contributed by atoms with Crippen LogP contribution in [0.3, 0.4) is 0 Å². The maximum absolute atomic E-state index is 12.4. The number of nitrogens with one attached hydrogen (secondary N) is 1. The molecule has 0 heterocycles. The predicted octanol–water partition coefficient (Wildman–Crippen LogP) is 2.06. The van der Waals surface area contributed by atoms with E-state index in [1.807, 2.05) is 6.07 Å². The molecule has 0 spiro atoms. The van der Waals surface area contributed by atoms with Crippen LogP contribution in [0, 0.1) is 22.7 Å². The fourth-order valence-electron chi connectivity index (χ4n) is 2.44. The summed E-state index contributed by atoms with van der Waals surface area (Å²) in [6.07, 6.45) is 3.76. The summed E-state index contributed by atoms with van der Waals surface area (Å²) in [4.78, 5) is 0.0248. The van der Waals surface area contributed by atoms with Gasteiger partial charge in [-0.2, -0.15) is 15.2 Å². The van der Waals surface area contributed by atoms with Gasteiger partial charge < -0.3 is 0 Å². The van der Waals surface area contributed by atoms with Crippen LogP contribution in [0.5, 0.6) is 0 Å². The Hall–Kier alpha value is -1.89. The maximum Gasteiger partial charge on any atom is 0.241 e. The van der Waals surface area contributed by atoms with Gasteiger partial charge in [-0.25, -0.2) is 8.42 Å². The first-order chi connectivity index (χ1) is 9.51. The Balaban J connectivity index is 2.31. The highest BCUT2D eigenvalue weighted by atomic mass is 32.2. The molecule has 1 fully saturated rings. The van der Waals surface area contributed by atoms with Gasteiger partial charge in [0.05, 0.1) is 22.6 Å². The van der Waals surface area contributed by atoms with Crippen LogP contribution in [0.4, 0.5) is 0 Å². The SMILES string of the molecule is N#Cc1cccc(S(=O)(=O)NC2(C#N)CCCCC2)c1. The molecule has 6 heteroatoms. The van der Waals surface area contributed by atoms with E-state index in [0.29, 0.717) is 12.8 Å². The molecule has 104 valence electrons. The van der Waals surface area contributed by atoms with Crippen molar-refractivity contribution < 1.29 is 8.42 Å². The van der Waals surface area contributed by atoms with E-state index >= 15 is 0 Å². The number of hydrogen-bond acceptors (Lipinski definition) is 4. The zero-order valence-electron chi connectivity index (χ0n) is 11.0. The van der Waals surface area contributed by atoms with Crippen molar-refractivity contribution in [3.8, 4) is 12.1 Å². The standard InChI is InChI=1S/C14H15N3O2S/c15-10-12-5-4-6-13(9-12)20(18,19)17-14(11-16)7-2-1-3-8-14/h4-6,9,17H,1-3,7-8H2. The molecule has 1 saturated carbocycles. The molecule has 2 rings (SSSR count). The van der Waals surface area contributed by atoms with Crippen LogP contribution in [0.2, 0.25) is 0 Å². The molecule has 1 N–H and O–H groups in total. The molecule has 0 aromatic heterocycles. The van der Waals surface area contributed by atoms with Gasteiger partial charge in [-0.15, -0.1) is 0 Å². The summed E-state index contributed by atoms with van der Waals surface area (Å²) in [7, 11) is -3.79. The Bertz CT molecular complexity index is 677. The minimum atomic E-state index is -3.79. The van der Waals surface area contributed by atoms with Gasteiger partial charge in [-0.05, 0) is 31.0 Å². The van der Waals surface area contributed by atoms with Crippen LogP contribution in [-0.4, -0.2) is 14.0 Å². The lowest BCUT2D eigenvalue weighted by molar-refractivity contribution is 0.338. The summed E-state index contributed by atoms with van der Waals surface area (Å²) in [5, 5.41) is 18.2. The lowest BCUT2D eigenvalue weighted by Crippen LogP contribution is -2.48. The third-order valence-electron chi connectivity index (χ3n) is 3.52. The Morgan fingerprint density at radius 2 is 1.85 bits per heavy atom. The van der Waals surface area contributed by atoms with Crippen LogP contribution < -0.4 is 4.72 Å². The van der Waals surface area contributed by atoms with Gasteiger partial charge in [-0.1, -0.05) is 25.3 Å². The second-order valence-corrected chi connectivity index (χ2v) is 6.68. The van der Waals surface area contributed by atoms with Gasteiger partial charge in [0.25, 0.3) is 0 Å². The van der Waals surface area contributed by atoms with Crippen molar-refractivity contribution in [2.45, 2.75) is 42.5 Å². The van der Waals surface area contributed by atoms with Gasteiger partial charge in [0.2, 0.25) is 10.0 Å². The lowest BCUT2D eigenvalue weighted by Gasteiger charge is -2.31. The molecule has 1 aliphatic carbocycles. The minimum absolute atomic E-state index is 0.0248. The average Bonchev–Trinajstić information content (AvgIpc) is 2.48. The molecule has 1 aliphatic rings. The average molecular weight is 289 g/mol. The fourth-order valence-corrected chi connectivity index (χ4v) is 3.86. The number of hydrogen-bond donors (Lipinski definition) is 1. The normalized spacial score (nSPS) is 17.9. The van der Waals surface area contributed by atoms with Crippen molar-refractivity contribution in [3.63, 3.8) is 0 Å². The molecule has 0 saturated heterocycles. The fraction of sp³-hybridized carbons (Fsp3) is 0.429. The van der Waals surface area contributed by atoms with Crippen LogP contribution >= 0.6 is 0 Å². The van der Waals surface area contributed by atoms with Crippen LogP contribution in [-0.2, 0) is 10.0 Å². The summed E-state index contributed by atoms with van der Waals surface area (Å²) >= 11 is 0. The number of nitrogens with zero attached hydrogens (tertiary/aromatic N) is 2. The van der Waals surface area contributed by atoms with Crippen LogP contribution in [0.25, 0.3) is 0 Å². The Morgan fingerprint density at radius 1 is 1.15 bits per heavy atom. The summed E-state index contributed by atoms with van der Waals surface area (Å²) in [5.74, 6) is 0. The van der Waals surface area contributed by atoms with Crippen molar-refractivity contribution in [1.82, 2.24) is 4.72 Å². The highest BCUT2D eigenvalue weighted by Gasteiger charge is 2.36. The van der Waals surface area contributed by atoms with Crippen molar-refractivity contribution in [3.05, 3.63) is 29.8 Å². The summed E-state index contributed by atoms with van der Waals surface area (Å²) in [6.45, 7) is 0.